The van der Waals surface area contributed by atoms with Crippen LogP contribution < -0.4 is 4.90 Å². The van der Waals surface area contributed by atoms with E-state index in [9.17, 15) is 10.5 Å². The third-order valence-corrected chi connectivity index (χ3v) is 10.00. The third-order valence-electron chi connectivity index (χ3n) is 8.73. The second kappa shape index (κ2) is 9.99. The molecule has 0 saturated heterocycles. The summed E-state index contributed by atoms with van der Waals surface area (Å²) < 4.78 is 0. The normalized spacial score (nSPS) is 13.5. The molecule has 0 fully saturated rings. The van der Waals surface area contributed by atoms with Crippen molar-refractivity contribution >= 4 is 51.4 Å². The molecule has 5 aromatic carbocycles. The van der Waals surface area contributed by atoms with Crippen LogP contribution in [0.3, 0.4) is 0 Å². The van der Waals surface area contributed by atoms with Gasteiger partial charge in [0, 0.05) is 51.1 Å². The molecule has 0 radical (unpaired) electrons. The number of nitrogens with zero attached hydrogens (tertiary/aromatic N) is 5. The highest BCUT2D eigenvalue weighted by molar-refractivity contribution is 8.06. The third kappa shape index (κ3) is 3.80. The Hall–Kier alpha value is -5.08. The van der Waals surface area contributed by atoms with E-state index >= 15 is 0 Å². The smallest absolute Gasteiger partial charge is 0.145 e. The summed E-state index contributed by atoms with van der Waals surface area (Å²) in [5, 5.41) is 26.1. The van der Waals surface area contributed by atoms with Gasteiger partial charge in [0.25, 0.3) is 0 Å². The predicted molar refractivity (Wildman–Crippen MR) is 179 cm³/mol. The number of nitriles is 2. The first-order chi connectivity index (χ1) is 21.5. The molecule has 0 spiro atoms. The molecule has 0 saturated carbocycles. The minimum atomic E-state index is -0.112. The van der Waals surface area contributed by atoms with Crippen LogP contribution in [0.15, 0.2) is 113 Å². The van der Waals surface area contributed by atoms with Gasteiger partial charge in [-0.2, -0.15) is 10.5 Å². The molecule has 0 amide bonds. The lowest BCUT2D eigenvalue weighted by Crippen LogP contribution is -2.30. The maximum atomic E-state index is 9.45. The molecule has 2 heterocycles. The molecule has 208 valence electrons. The summed E-state index contributed by atoms with van der Waals surface area (Å²) in [7, 11) is 0. The number of para-hydroxylation sites is 2. The Bertz CT molecular complexity index is 2190. The minimum Gasteiger partial charge on any atom is -0.310 e. The summed E-state index contributed by atoms with van der Waals surface area (Å²) >= 11 is 1.88. The number of hydrogen-bond acceptors (Lipinski definition) is 7. The van der Waals surface area contributed by atoms with Gasteiger partial charge in [-0.05, 0) is 51.9 Å². The first-order valence-corrected chi connectivity index (χ1v) is 15.8. The van der Waals surface area contributed by atoms with E-state index in [2.05, 4.69) is 127 Å². The Morgan fingerprint density at radius 3 is 1.89 bits per heavy atom. The number of thioether (sulfide) groups is 2. The van der Waals surface area contributed by atoms with Crippen LogP contribution in [0.25, 0.3) is 44.4 Å². The lowest BCUT2D eigenvalue weighted by Gasteiger charge is -2.42. The van der Waals surface area contributed by atoms with Crippen LogP contribution in [0, 0.1) is 21.3 Å². The molecule has 5 nitrogen and oxygen atoms in total. The molecule has 0 N–H and O–H groups in total. The zero-order valence-electron chi connectivity index (χ0n) is 23.9. The fourth-order valence-electron chi connectivity index (χ4n) is 6.79. The molecule has 6 aromatic rings. The summed E-state index contributed by atoms with van der Waals surface area (Å²) in [5.74, 6) is 0. The molecule has 44 heavy (non-hydrogen) atoms. The van der Waals surface area contributed by atoms with Crippen LogP contribution in [-0.4, -0.2) is 9.97 Å². The maximum absolute atomic E-state index is 9.45. The van der Waals surface area contributed by atoms with E-state index in [0.717, 1.165) is 73.6 Å². The first-order valence-electron chi connectivity index (χ1n) is 14.2. The van der Waals surface area contributed by atoms with Crippen molar-refractivity contribution in [1.29, 1.82) is 10.5 Å². The van der Waals surface area contributed by atoms with Crippen LogP contribution in [-0.2, 0) is 5.41 Å². The lowest BCUT2D eigenvalue weighted by molar-refractivity contribution is 0.632. The Morgan fingerprint density at radius 2 is 1.25 bits per heavy atom. The van der Waals surface area contributed by atoms with Crippen molar-refractivity contribution in [2.75, 3.05) is 4.90 Å². The molecule has 8 rings (SSSR count). The van der Waals surface area contributed by atoms with Gasteiger partial charge < -0.3 is 4.90 Å². The number of benzene rings is 5. The van der Waals surface area contributed by atoms with Crippen molar-refractivity contribution in [2.24, 2.45) is 0 Å². The summed E-state index contributed by atoms with van der Waals surface area (Å²) in [5.41, 5.74) is 11.6. The second-order valence-corrected chi connectivity index (χ2v) is 12.9. The van der Waals surface area contributed by atoms with E-state index < -0.39 is 0 Å². The average molecular weight is 602 g/mol. The summed E-state index contributed by atoms with van der Waals surface area (Å²) in [4.78, 5) is 12.2. The van der Waals surface area contributed by atoms with Gasteiger partial charge in [0.1, 0.15) is 20.9 Å². The molecule has 7 heteroatoms. The van der Waals surface area contributed by atoms with Crippen molar-refractivity contribution in [3.8, 4) is 44.4 Å². The topological polar surface area (TPSA) is 76.6 Å². The zero-order chi connectivity index (χ0) is 30.0. The second-order valence-electron chi connectivity index (χ2n) is 11.4. The Labute approximate surface area is 263 Å². The lowest BCUT2D eigenvalue weighted by atomic mass is 9.73. The largest absolute Gasteiger partial charge is 0.310 e. The number of anilines is 3. The minimum absolute atomic E-state index is 0.112. The maximum Gasteiger partial charge on any atom is 0.145 e. The van der Waals surface area contributed by atoms with Gasteiger partial charge in [-0.1, -0.05) is 92.7 Å². The molecule has 2 aliphatic rings. The van der Waals surface area contributed by atoms with Crippen LogP contribution in [0.2, 0.25) is 0 Å². The summed E-state index contributed by atoms with van der Waals surface area (Å²) in [6.07, 6.45) is 0. The van der Waals surface area contributed by atoms with Gasteiger partial charge in [-0.15, -0.1) is 0 Å². The highest BCUT2D eigenvalue weighted by Gasteiger charge is 2.36. The zero-order valence-corrected chi connectivity index (χ0v) is 25.5. The summed E-state index contributed by atoms with van der Waals surface area (Å²) in [6, 6.07) is 36.6. The highest BCUT2D eigenvalue weighted by atomic mass is 32.2. The molecule has 0 unspecified atom stereocenters. The van der Waals surface area contributed by atoms with E-state index in [1.807, 2.05) is 6.07 Å². The highest BCUT2D eigenvalue weighted by Crippen LogP contribution is 2.53. The van der Waals surface area contributed by atoms with E-state index in [4.69, 9.17) is 9.97 Å². The molecule has 0 atom stereocenters. The summed E-state index contributed by atoms with van der Waals surface area (Å²) in [6.45, 7) is 4.59. The van der Waals surface area contributed by atoms with Gasteiger partial charge in [-0.3, -0.25) is 0 Å². The first kappa shape index (κ1) is 26.5. The van der Waals surface area contributed by atoms with Gasteiger partial charge in [0.05, 0.1) is 22.8 Å². The molecule has 1 aliphatic heterocycles. The van der Waals surface area contributed by atoms with Gasteiger partial charge in [0.2, 0.25) is 0 Å². The van der Waals surface area contributed by atoms with Crippen molar-refractivity contribution in [3.05, 3.63) is 114 Å². The molecule has 1 aromatic heterocycles. The van der Waals surface area contributed by atoms with E-state index in [0.29, 0.717) is 10.1 Å². The van der Waals surface area contributed by atoms with Crippen LogP contribution in [0.4, 0.5) is 17.1 Å². The van der Waals surface area contributed by atoms with Gasteiger partial charge >= 0.3 is 0 Å². The van der Waals surface area contributed by atoms with Crippen molar-refractivity contribution < 1.29 is 0 Å². The monoisotopic (exact) mass is 601 g/mol. The molecule has 0 bridgehead atoms. The molecular formula is C37H23N5S2. The number of aromatic nitrogens is 2. The van der Waals surface area contributed by atoms with Crippen LogP contribution in [0.1, 0.15) is 25.0 Å². The van der Waals surface area contributed by atoms with Crippen LogP contribution in [0.5, 0.6) is 0 Å². The van der Waals surface area contributed by atoms with Crippen molar-refractivity contribution in [3.63, 3.8) is 0 Å². The van der Waals surface area contributed by atoms with Crippen LogP contribution >= 0.6 is 23.5 Å². The van der Waals surface area contributed by atoms with Gasteiger partial charge in [-0.25, -0.2) is 9.97 Å². The Kier molecular flexibility index (Phi) is 6.03. The van der Waals surface area contributed by atoms with Crippen molar-refractivity contribution in [2.45, 2.75) is 29.3 Å². The van der Waals surface area contributed by atoms with Gasteiger partial charge in [0.15, 0.2) is 0 Å². The molecular weight excluding hydrogens is 579 g/mol. The van der Waals surface area contributed by atoms with Crippen molar-refractivity contribution in [1.82, 2.24) is 9.97 Å². The number of thiocyanates is 2. The fourth-order valence-corrected chi connectivity index (χ4v) is 7.75. The SMILES string of the molecule is CC1(C)c2ccccc2N(c2ccc(-c3ccc4cccc5c4c3-c3nc(SC#N)c(SC#N)nc3-5)cc2)c2ccccc21. The average Bonchev–Trinajstić information content (AvgIpc) is 3.37. The fraction of sp³-hybridized carbons (Fsp3) is 0.0811. The van der Waals surface area contributed by atoms with E-state index in [1.54, 1.807) is 0 Å². The Morgan fingerprint density at radius 1 is 0.636 bits per heavy atom. The number of hydrogen-bond donors (Lipinski definition) is 0. The number of fused-ring (bicyclic) bond motifs is 5. The molecule has 1 aliphatic carbocycles. The predicted octanol–water partition coefficient (Wildman–Crippen LogP) is 10.2. The number of rotatable bonds is 4. The van der Waals surface area contributed by atoms with E-state index in [1.165, 1.54) is 22.5 Å². The Balaban J connectivity index is 1.29. The van der Waals surface area contributed by atoms with E-state index in [-0.39, 0.29) is 5.41 Å². The quantitative estimate of drug-likeness (QED) is 0.147. The standard InChI is InChI=1S/C37H23N5S2/c1-37(2)27-10-3-5-12-29(27)42(30-13-6-4-11-28(30)37)24-17-14-22(15-18-24)25-19-16-23-8-7-9-26-31(23)32(25)34-33(26)40-35(43-20-38)36(41-34)44-21-39/h3-19H,1-2H3.